The van der Waals surface area contributed by atoms with Crippen molar-refractivity contribution >= 4 is 18.0 Å². The molecule has 1 saturated heterocycles. The van der Waals surface area contributed by atoms with Crippen molar-refractivity contribution in [3.05, 3.63) is 0 Å². The van der Waals surface area contributed by atoms with E-state index in [1.165, 1.54) is 12.8 Å². The number of ether oxygens (including phenoxy) is 1. The first kappa shape index (κ1) is 25.3. The third-order valence-corrected chi connectivity index (χ3v) is 5.52. The quantitative estimate of drug-likeness (QED) is 0.346. The fourth-order valence-electron chi connectivity index (χ4n) is 3.63. The molecular formula is C23H43N5O3. The molecule has 2 amide bonds. The summed E-state index contributed by atoms with van der Waals surface area (Å²) >= 11 is 0. The van der Waals surface area contributed by atoms with E-state index >= 15 is 0 Å². The summed E-state index contributed by atoms with van der Waals surface area (Å²) in [6.07, 6.45) is 4.05. The van der Waals surface area contributed by atoms with E-state index in [4.69, 9.17) is 9.73 Å². The van der Waals surface area contributed by atoms with E-state index in [-0.39, 0.29) is 24.0 Å². The molecule has 1 aliphatic heterocycles. The van der Waals surface area contributed by atoms with Gasteiger partial charge in [0.15, 0.2) is 5.96 Å². The molecule has 0 aromatic heterocycles. The number of nitrogens with one attached hydrogen (secondary N) is 2. The number of carbonyl (C=O) groups is 2. The van der Waals surface area contributed by atoms with Crippen LogP contribution in [0.1, 0.15) is 67.2 Å². The number of hydrogen-bond acceptors (Lipinski definition) is 4. The van der Waals surface area contributed by atoms with Gasteiger partial charge in [-0.3, -0.25) is 9.79 Å². The fourth-order valence-corrected chi connectivity index (χ4v) is 3.63. The smallest absolute Gasteiger partial charge is 0.410 e. The van der Waals surface area contributed by atoms with E-state index in [9.17, 15) is 9.59 Å². The maximum atomic E-state index is 12.8. The topological polar surface area (TPSA) is 86.3 Å². The Kier molecular flexibility index (Phi) is 9.44. The number of likely N-dealkylation sites (tertiary alicyclic amines) is 1. The minimum atomic E-state index is -0.477. The van der Waals surface area contributed by atoms with Crippen LogP contribution in [0.3, 0.4) is 0 Å². The molecule has 2 rings (SSSR count). The van der Waals surface area contributed by atoms with Gasteiger partial charge in [0.2, 0.25) is 5.91 Å². The van der Waals surface area contributed by atoms with Crippen LogP contribution in [0.5, 0.6) is 0 Å². The van der Waals surface area contributed by atoms with Crippen molar-refractivity contribution in [1.29, 1.82) is 0 Å². The number of nitrogens with zero attached hydrogens (tertiary/aromatic N) is 3. The van der Waals surface area contributed by atoms with Crippen LogP contribution in [-0.4, -0.2) is 78.7 Å². The number of piperidine rings is 1. The van der Waals surface area contributed by atoms with Crippen molar-refractivity contribution in [2.75, 3.05) is 39.3 Å². The summed E-state index contributed by atoms with van der Waals surface area (Å²) in [5.74, 6) is 1.55. The van der Waals surface area contributed by atoms with Gasteiger partial charge >= 0.3 is 6.09 Å². The first-order valence-electron chi connectivity index (χ1n) is 11.9. The first-order chi connectivity index (χ1) is 14.6. The fraction of sp³-hybridized carbons (Fsp3) is 0.870. The molecule has 0 spiro atoms. The monoisotopic (exact) mass is 437 g/mol. The van der Waals surface area contributed by atoms with Crippen molar-refractivity contribution in [2.45, 2.75) is 78.9 Å². The minimum absolute atomic E-state index is 0.0141. The summed E-state index contributed by atoms with van der Waals surface area (Å²) < 4.78 is 5.70. The molecule has 0 radical (unpaired) electrons. The molecule has 8 heteroatoms. The zero-order valence-electron chi connectivity index (χ0n) is 20.4. The van der Waals surface area contributed by atoms with Crippen LogP contribution < -0.4 is 10.6 Å². The second-order valence-corrected chi connectivity index (χ2v) is 9.98. The number of carbonyl (C=O) groups excluding carboxylic acids is 2. The van der Waals surface area contributed by atoms with Crippen molar-refractivity contribution in [3.63, 3.8) is 0 Å². The second kappa shape index (κ2) is 11.6. The summed E-state index contributed by atoms with van der Waals surface area (Å²) in [6.45, 7) is 16.0. The van der Waals surface area contributed by atoms with Crippen molar-refractivity contribution in [3.8, 4) is 0 Å². The number of guanidine groups is 1. The van der Waals surface area contributed by atoms with Crippen LogP contribution in [0, 0.1) is 11.8 Å². The van der Waals surface area contributed by atoms with Crippen molar-refractivity contribution in [2.24, 2.45) is 16.8 Å². The van der Waals surface area contributed by atoms with Gasteiger partial charge in [-0.05, 0) is 59.3 Å². The Morgan fingerprint density at radius 3 is 2.29 bits per heavy atom. The Balaban J connectivity index is 1.91. The Labute approximate surface area is 188 Å². The summed E-state index contributed by atoms with van der Waals surface area (Å²) in [6, 6.07) is 0.208. The second-order valence-electron chi connectivity index (χ2n) is 9.98. The van der Waals surface area contributed by atoms with Gasteiger partial charge in [0.1, 0.15) is 5.60 Å². The number of amides is 2. The van der Waals surface area contributed by atoms with Gasteiger partial charge in [-0.25, -0.2) is 4.79 Å². The summed E-state index contributed by atoms with van der Waals surface area (Å²) in [5, 5.41) is 6.27. The third kappa shape index (κ3) is 8.95. The zero-order valence-corrected chi connectivity index (χ0v) is 20.4. The zero-order chi connectivity index (χ0) is 23.0. The predicted molar refractivity (Wildman–Crippen MR) is 124 cm³/mol. The Bertz CT molecular complexity index is 617. The summed E-state index contributed by atoms with van der Waals surface area (Å²) in [4.78, 5) is 33.5. The molecule has 0 bridgehead atoms. The van der Waals surface area contributed by atoms with E-state index < -0.39 is 5.60 Å². The lowest BCUT2D eigenvalue weighted by Crippen LogP contribution is -2.52. The summed E-state index contributed by atoms with van der Waals surface area (Å²) in [5.41, 5.74) is -0.477. The minimum Gasteiger partial charge on any atom is -0.444 e. The van der Waals surface area contributed by atoms with Crippen LogP contribution in [0.25, 0.3) is 0 Å². The molecule has 2 aliphatic rings. The Morgan fingerprint density at radius 1 is 1.13 bits per heavy atom. The third-order valence-electron chi connectivity index (χ3n) is 5.52. The van der Waals surface area contributed by atoms with E-state index in [0.29, 0.717) is 19.0 Å². The van der Waals surface area contributed by atoms with Crippen LogP contribution in [0.15, 0.2) is 4.99 Å². The number of hydrogen-bond donors (Lipinski definition) is 2. The maximum Gasteiger partial charge on any atom is 0.410 e. The standard InChI is InChI=1S/C23H43N5O3/c1-7-24-21(26-13-12-25-20(29)17(2)3)27-14-10-19(11-15-27)28(16-18-8-9-18)22(30)31-23(4,5)6/h17-19H,7-16H2,1-6H3,(H,24,26)(H,25,29). The van der Waals surface area contributed by atoms with Crippen LogP contribution in [0.4, 0.5) is 4.79 Å². The molecule has 0 atom stereocenters. The average Bonchev–Trinajstić information content (AvgIpc) is 3.51. The lowest BCUT2D eigenvalue weighted by molar-refractivity contribution is -0.123. The van der Waals surface area contributed by atoms with E-state index in [0.717, 1.165) is 45.0 Å². The van der Waals surface area contributed by atoms with Crippen LogP contribution in [-0.2, 0) is 9.53 Å². The van der Waals surface area contributed by atoms with E-state index in [2.05, 4.69) is 22.5 Å². The highest BCUT2D eigenvalue weighted by Gasteiger charge is 2.35. The first-order valence-corrected chi connectivity index (χ1v) is 11.9. The SMILES string of the molecule is CCNC(=NCCNC(=O)C(C)C)N1CCC(N(CC2CC2)C(=O)OC(C)(C)C)CC1. The highest BCUT2D eigenvalue weighted by atomic mass is 16.6. The van der Waals surface area contributed by atoms with Crippen molar-refractivity contribution < 1.29 is 14.3 Å². The van der Waals surface area contributed by atoms with Gasteiger partial charge in [0.05, 0.1) is 6.54 Å². The molecule has 0 aromatic carbocycles. The molecule has 1 heterocycles. The lowest BCUT2D eigenvalue weighted by atomic mass is 10.0. The molecular weight excluding hydrogens is 394 g/mol. The normalized spacial score (nSPS) is 18.2. The van der Waals surface area contributed by atoms with Gasteiger partial charge in [0.25, 0.3) is 0 Å². The average molecular weight is 438 g/mol. The van der Waals surface area contributed by atoms with Crippen LogP contribution in [0.2, 0.25) is 0 Å². The van der Waals surface area contributed by atoms with Gasteiger partial charge in [0, 0.05) is 44.7 Å². The number of rotatable bonds is 8. The highest BCUT2D eigenvalue weighted by molar-refractivity contribution is 5.80. The van der Waals surface area contributed by atoms with Crippen LogP contribution >= 0.6 is 0 Å². The number of aliphatic imine (C=N–C) groups is 1. The molecule has 2 fully saturated rings. The predicted octanol–water partition coefficient (Wildman–Crippen LogP) is 2.84. The van der Waals surface area contributed by atoms with Gasteiger partial charge in [-0.15, -0.1) is 0 Å². The molecule has 8 nitrogen and oxygen atoms in total. The Hall–Kier alpha value is -1.99. The van der Waals surface area contributed by atoms with Crippen molar-refractivity contribution in [1.82, 2.24) is 20.4 Å². The largest absolute Gasteiger partial charge is 0.444 e. The Morgan fingerprint density at radius 2 is 1.77 bits per heavy atom. The molecule has 178 valence electrons. The van der Waals surface area contributed by atoms with Gasteiger partial charge < -0.3 is 25.2 Å². The molecule has 0 unspecified atom stereocenters. The van der Waals surface area contributed by atoms with E-state index in [1.807, 2.05) is 39.5 Å². The molecule has 1 saturated carbocycles. The maximum absolute atomic E-state index is 12.8. The highest BCUT2D eigenvalue weighted by Crippen LogP contribution is 2.32. The van der Waals surface area contributed by atoms with E-state index in [1.54, 1.807) is 0 Å². The van der Waals surface area contributed by atoms with Gasteiger partial charge in [-0.2, -0.15) is 0 Å². The molecule has 0 aromatic rings. The van der Waals surface area contributed by atoms with Gasteiger partial charge in [-0.1, -0.05) is 13.8 Å². The molecule has 31 heavy (non-hydrogen) atoms. The molecule has 2 N–H and O–H groups in total. The lowest BCUT2D eigenvalue weighted by Gasteiger charge is -2.40. The molecule has 1 aliphatic carbocycles. The summed E-state index contributed by atoms with van der Waals surface area (Å²) in [7, 11) is 0.